The van der Waals surface area contributed by atoms with Crippen LogP contribution < -0.4 is 17.2 Å². The highest BCUT2D eigenvalue weighted by atomic mass is 14.8. The molecule has 0 unspecified atom stereocenters. The molecule has 4 heteroatoms. The molecular weight excluding hydrogens is 140 g/mol. The van der Waals surface area contributed by atoms with E-state index in [0.717, 1.165) is 0 Å². The maximum absolute atomic E-state index is 5.56. The van der Waals surface area contributed by atoms with Gasteiger partial charge >= 0.3 is 0 Å². The van der Waals surface area contributed by atoms with Crippen molar-refractivity contribution in [2.24, 2.45) is 11.5 Å². The number of pyridine rings is 1. The lowest BCUT2D eigenvalue weighted by Gasteiger charge is -2.01. The maximum atomic E-state index is 5.56. The third-order valence-electron chi connectivity index (χ3n) is 1.29. The molecule has 11 heavy (non-hydrogen) atoms. The first kappa shape index (κ1) is 7.40. The lowest BCUT2D eigenvalue weighted by atomic mass is 10.2. The summed E-state index contributed by atoms with van der Waals surface area (Å²) in [5, 5.41) is 0. The average molecular weight is 150 g/mol. The van der Waals surface area contributed by atoms with Crippen LogP contribution in [-0.4, -0.2) is 4.98 Å². The first-order valence-corrected chi connectivity index (χ1v) is 3.14. The van der Waals surface area contributed by atoms with Crippen LogP contribution in [0.1, 0.15) is 5.69 Å². The van der Waals surface area contributed by atoms with Crippen LogP contribution in [0, 0.1) is 0 Å². The van der Waals surface area contributed by atoms with Gasteiger partial charge in [0.05, 0.1) is 11.4 Å². The Morgan fingerprint density at radius 1 is 1.55 bits per heavy atom. The monoisotopic (exact) mass is 150 g/mol. The summed E-state index contributed by atoms with van der Waals surface area (Å²) in [6, 6.07) is 3.46. The highest BCUT2D eigenvalue weighted by Crippen LogP contribution is 2.11. The highest BCUT2D eigenvalue weighted by molar-refractivity contribution is 5.69. The van der Waals surface area contributed by atoms with Crippen molar-refractivity contribution in [1.29, 1.82) is 0 Å². The summed E-state index contributed by atoms with van der Waals surface area (Å²) in [4.78, 5) is 3.95. The number of nitrogen functional groups attached to an aromatic ring is 1. The van der Waals surface area contributed by atoms with Crippen molar-refractivity contribution in [2.45, 2.75) is 0 Å². The molecule has 0 amide bonds. The lowest BCUT2D eigenvalue weighted by Crippen LogP contribution is -2.05. The smallest absolute Gasteiger partial charge is 0.110 e. The van der Waals surface area contributed by atoms with Crippen molar-refractivity contribution in [3.63, 3.8) is 0 Å². The van der Waals surface area contributed by atoms with E-state index in [1.165, 1.54) is 6.20 Å². The van der Waals surface area contributed by atoms with Gasteiger partial charge in [0.15, 0.2) is 0 Å². The summed E-state index contributed by atoms with van der Waals surface area (Å²) in [6.45, 7) is 0. The number of nitrogens with two attached hydrogens (primary N) is 3. The van der Waals surface area contributed by atoms with E-state index in [1.54, 1.807) is 18.3 Å². The molecule has 1 aromatic heterocycles. The fraction of sp³-hybridized carbons (Fsp3) is 0. The molecule has 1 rings (SSSR count). The third-order valence-corrected chi connectivity index (χ3v) is 1.29. The second-order valence-electron chi connectivity index (χ2n) is 2.06. The number of anilines is 1. The number of aromatic nitrogens is 1. The van der Waals surface area contributed by atoms with Gasteiger partial charge < -0.3 is 17.2 Å². The SMILES string of the molecule is N/C=C(/N)c1ncccc1N. The average Bonchev–Trinajstić information content (AvgIpc) is 2.04. The topological polar surface area (TPSA) is 91.0 Å². The third kappa shape index (κ3) is 1.40. The van der Waals surface area contributed by atoms with Gasteiger partial charge in [0.2, 0.25) is 0 Å². The van der Waals surface area contributed by atoms with Gasteiger partial charge in [-0.25, -0.2) is 0 Å². The quantitative estimate of drug-likeness (QED) is 0.520. The number of rotatable bonds is 1. The van der Waals surface area contributed by atoms with E-state index in [0.29, 0.717) is 17.1 Å². The highest BCUT2D eigenvalue weighted by Gasteiger charge is 2.00. The minimum absolute atomic E-state index is 0.392. The largest absolute Gasteiger partial charge is 0.403 e. The first-order chi connectivity index (χ1) is 5.25. The van der Waals surface area contributed by atoms with Gasteiger partial charge in [-0.05, 0) is 12.1 Å². The predicted molar refractivity (Wildman–Crippen MR) is 45.0 cm³/mol. The van der Waals surface area contributed by atoms with Crippen molar-refractivity contribution < 1.29 is 0 Å². The van der Waals surface area contributed by atoms with Crippen LogP contribution in [0.25, 0.3) is 5.70 Å². The molecule has 4 nitrogen and oxygen atoms in total. The van der Waals surface area contributed by atoms with Crippen LogP contribution >= 0.6 is 0 Å². The molecule has 0 fully saturated rings. The Hall–Kier alpha value is -1.71. The zero-order valence-corrected chi connectivity index (χ0v) is 5.99. The molecule has 6 N–H and O–H groups in total. The van der Waals surface area contributed by atoms with Crippen LogP contribution in [-0.2, 0) is 0 Å². The van der Waals surface area contributed by atoms with Crippen molar-refractivity contribution in [3.8, 4) is 0 Å². The van der Waals surface area contributed by atoms with E-state index >= 15 is 0 Å². The summed E-state index contributed by atoms with van der Waals surface area (Å²) >= 11 is 0. The van der Waals surface area contributed by atoms with E-state index in [4.69, 9.17) is 17.2 Å². The molecule has 0 radical (unpaired) electrons. The van der Waals surface area contributed by atoms with E-state index in [9.17, 15) is 0 Å². The molecule has 58 valence electrons. The zero-order chi connectivity index (χ0) is 8.27. The second-order valence-corrected chi connectivity index (χ2v) is 2.06. The fourth-order valence-electron chi connectivity index (χ4n) is 0.738. The second kappa shape index (κ2) is 2.92. The summed E-state index contributed by atoms with van der Waals surface area (Å²) in [5.41, 5.74) is 17.7. The van der Waals surface area contributed by atoms with Crippen molar-refractivity contribution >= 4 is 11.4 Å². The van der Waals surface area contributed by atoms with Gasteiger partial charge in [0, 0.05) is 12.4 Å². The predicted octanol–water partition coefficient (Wildman–Crippen LogP) is -0.120. The Labute approximate surface area is 64.7 Å². The van der Waals surface area contributed by atoms with Gasteiger partial charge in [0.1, 0.15) is 5.69 Å². The Bertz CT molecular complexity index is 280. The van der Waals surface area contributed by atoms with Crippen LogP contribution in [0.5, 0.6) is 0 Å². The molecule has 0 aromatic carbocycles. The van der Waals surface area contributed by atoms with Crippen molar-refractivity contribution in [2.75, 3.05) is 5.73 Å². The molecule has 0 saturated carbocycles. The van der Waals surface area contributed by atoms with Gasteiger partial charge in [-0.1, -0.05) is 0 Å². The van der Waals surface area contributed by atoms with Gasteiger partial charge in [0.25, 0.3) is 0 Å². The van der Waals surface area contributed by atoms with Gasteiger partial charge in [-0.3, -0.25) is 4.98 Å². The van der Waals surface area contributed by atoms with E-state index in [-0.39, 0.29) is 0 Å². The number of nitrogens with zero attached hydrogens (tertiary/aromatic N) is 1. The fourth-order valence-corrected chi connectivity index (χ4v) is 0.738. The standard InChI is InChI=1S/C7H10N4/c8-4-6(10)7-5(9)2-1-3-11-7/h1-4H,8-10H2/b6-4+. The van der Waals surface area contributed by atoms with Crippen LogP contribution in [0.15, 0.2) is 24.5 Å². The molecule has 0 aliphatic rings. The zero-order valence-electron chi connectivity index (χ0n) is 5.99. The van der Waals surface area contributed by atoms with E-state index in [1.807, 2.05) is 0 Å². The Morgan fingerprint density at radius 3 is 2.82 bits per heavy atom. The van der Waals surface area contributed by atoms with Crippen LogP contribution in [0.2, 0.25) is 0 Å². The van der Waals surface area contributed by atoms with Gasteiger partial charge in [-0.2, -0.15) is 0 Å². The van der Waals surface area contributed by atoms with Gasteiger partial charge in [-0.15, -0.1) is 0 Å². The van der Waals surface area contributed by atoms with E-state index < -0.39 is 0 Å². The summed E-state index contributed by atoms with van der Waals surface area (Å²) in [6.07, 6.45) is 2.89. The normalized spacial score (nSPS) is 11.5. The number of hydrogen-bond donors (Lipinski definition) is 3. The van der Waals surface area contributed by atoms with Crippen LogP contribution in [0.3, 0.4) is 0 Å². The number of hydrogen-bond acceptors (Lipinski definition) is 4. The Balaban J connectivity index is 3.14. The summed E-state index contributed by atoms with van der Waals surface area (Å²) in [5.74, 6) is 0. The molecule has 1 heterocycles. The minimum atomic E-state index is 0.392. The molecule has 0 aliphatic heterocycles. The summed E-state index contributed by atoms with van der Waals surface area (Å²) in [7, 11) is 0. The maximum Gasteiger partial charge on any atom is 0.110 e. The van der Waals surface area contributed by atoms with Crippen molar-refractivity contribution in [1.82, 2.24) is 4.98 Å². The molecular formula is C7H10N4. The molecule has 0 bridgehead atoms. The Kier molecular flexibility index (Phi) is 1.96. The molecule has 0 spiro atoms. The molecule has 0 atom stereocenters. The first-order valence-electron chi connectivity index (χ1n) is 3.14. The summed E-state index contributed by atoms with van der Waals surface area (Å²) < 4.78 is 0. The Morgan fingerprint density at radius 2 is 2.27 bits per heavy atom. The van der Waals surface area contributed by atoms with E-state index in [2.05, 4.69) is 4.98 Å². The van der Waals surface area contributed by atoms with Crippen molar-refractivity contribution in [3.05, 3.63) is 30.2 Å². The molecule has 0 saturated heterocycles. The minimum Gasteiger partial charge on any atom is -0.403 e. The molecule has 0 aliphatic carbocycles. The lowest BCUT2D eigenvalue weighted by molar-refractivity contribution is 1.25. The van der Waals surface area contributed by atoms with Crippen LogP contribution in [0.4, 0.5) is 5.69 Å². The molecule has 1 aromatic rings.